The lowest BCUT2D eigenvalue weighted by Gasteiger charge is -2.14. The second-order valence-corrected chi connectivity index (χ2v) is 9.16. The normalized spacial score (nSPS) is 16.8. The predicted molar refractivity (Wildman–Crippen MR) is 113 cm³/mol. The van der Waals surface area contributed by atoms with Gasteiger partial charge in [-0.25, -0.2) is 9.78 Å². The van der Waals surface area contributed by atoms with Crippen LogP contribution in [0.15, 0.2) is 29.6 Å². The van der Waals surface area contributed by atoms with Gasteiger partial charge in [0.2, 0.25) is 5.91 Å². The van der Waals surface area contributed by atoms with Crippen molar-refractivity contribution in [3.05, 3.63) is 45.9 Å². The van der Waals surface area contributed by atoms with Crippen molar-refractivity contribution in [2.75, 3.05) is 5.32 Å². The third kappa shape index (κ3) is 5.13. The smallest absolute Gasteiger partial charge is 0.325 e. The molecule has 0 bridgehead atoms. The lowest BCUT2D eigenvalue weighted by Crippen LogP contribution is -2.31. The fourth-order valence-electron chi connectivity index (χ4n) is 2.85. The highest BCUT2D eigenvalue weighted by molar-refractivity contribution is 7.13. The standard InChI is InChI=1S/C20H23ClN4O3S/c1-20(2,3)15-11-29-18(23-15)24-16(26)9-8-14-17(27)25(19(28)22-14)10-12-6-4-5-7-13(12)21/h4-7,11,14H,8-10H2,1-3H3,(H,22,28)(H,23,24,26). The second kappa shape index (κ2) is 8.51. The van der Waals surface area contributed by atoms with Crippen LogP contribution in [0.3, 0.4) is 0 Å². The number of imide groups is 1. The Morgan fingerprint density at radius 3 is 2.69 bits per heavy atom. The van der Waals surface area contributed by atoms with Crippen molar-refractivity contribution in [2.24, 2.45) is 0 Å². The molecule has 2 N–H and O–H groups in total. The van der Waals surface area contributed by atoms with Crippen LogP contribution in [0.1, 0.15) is 44.9 Å². The van der Waals surface area contributed by atoms with Crippen LogP contribution in [0.25, 0.3) is 0 Å². The van der Waals surface area contributed by atoms with Gasteiger partial charge in [0.15, 0.2) is 5.13 Å². The molecular formula is C20H23ClN4O3S. The number of amides is 4. The number of hydrogen-bond donors (Lipinski definition) is 2. The minimum absolute atomic E-state index is 0.0921. The summed E-state index contributed by atoms with van der Waals surface area (Å²) in [6.45, 7) is 6.25. The summed E-state index contributed by atoms with van der Waals surface area (Å²) in [6.07, 6.45) is 0.313. The number of carbonyl (C=O) groups is 3. The number of nitrogens with one attached hydrogen (secondary N) is 2. The van der Waals surface area contributed by atoms with Gasteiger partial charge >= 0.3 is 6.03 Å². The molecule has 1 atom stereocenters. The van der Waals surface area contributed by atoms with Gasteiger partial charge in [0, 0.05) is 22.2 Å². The van der Waals surface area contributed by atoms with Crippen LogP contribution < -0.4 is 10.6 Å². The van der Waals surface area contributed by atoms with Crippen molar-refractivity contribution in [3.8, 4) is 0 Å². The first kappa shape index (κ1) is 21.3. The summed E-state index contributed by atoms with van der Waals surface area (Å²) >= 11 is 7.48. The Hall–Kier alpha value is -2.45. The Balaban J connectivity index is 1.54. The Labute approximate surface area is 178 Å². The van der Waals surface area contributed by atoms with E-state index in [4.69, 9.17) is 11.6 Å². The SMILES string of the molecule is CC(C)(C)c1csc(NC(=O)CCC2NC(=O)N(Cc3ccccc3Cl)C2=O)n1. The van der Waals surface area contributed by atoms with Crippen LogP contribution in [0.4, 0.5) is 9.93 Å². The van der Waals surface area contributed by atoms with Gasteiger partial charge in [-0.1, -0.05) is 50.6 Å². The Morgan fingerprint density at radius 2 is 2.03 bits per heavy atom. The maximum atomic E-state index is 12.6. The Morgan fingerprint density at radius 1 is 1.31 bits per heavy atom. The van der Waals surface area contributed by atoms with Crippen molar-refractivity contribution in [1.29, 1.82) is 0 Å². The Bertz CT molecular complexity index is 938. The maximum absolute atomic E-state index is 12.6. The van der Waals surface area contributed by atoms with E-state index in [2.05, 4.69) is 36.4 Å². The summed E-state index contributed by atoms with van der Waals surface area (Å²) in [7, 11) is 0. The van der Waals surface area contributed by atoms with Crippen molar-refractivity contribution in [1.82, 2.24) is 15.2 Å². The number of urea groups is 1. The third-order valence-electron chi connectivity index (χ3n) is 4.57. The van der Waals surface area contributed by atoms with Gasteiger partial charge in [-0.05, 0) is 18.1 Å². The third-order valence-corrected chi connectivity index (χ3v) is 5.70. The van der Waals surface area contributed by atoms with Gasteiger partial charge in [-0.3, -0.25) is 14.5 Å². The largest absolute Gasteiger partial charge is 0.326 e. The number of nitrogens with zero attached hydrogens (tertiary/aromatic N) is 2. The average Bonchev–Trinajstić information content (AvgIpc) is 3.21. The van der Waals surface area contributed by atoms with E-state index < -0.39 is 12.1 Å². The molecule has 1 fully saturated rings. The van der Waals surface area contributed by atoms with Crippen LogP contribution in [0.2, 0.25) is 5.02 Å². The molecule has 2 heterocycles. The Kier molecular flexibility index (Phi) is 6.24. The van der Waals surface area contributed by atoms with E-state index in [1.807, 2.05) is 5.38 Å². The molecule has 1 aromatic heterocycles. The number of rotatable bonds is 6. The number of aromatic nitrogens is 1. The molecule has 7 nitrogen and oxygen atoms in total. The van der Waals surface area contributed by atoms with Gasteiger partial charge in [0.05, 0.1) is 12.2 Å². The zero-order valence-electron chi connectivity index (χ0n) is 16.5. The van der Waals surface area contributed by atoms with Crippen molar-refractivity contribution in [2.45, 2.75) is 51.6 Å². The summed E-state index contributed by atoms with van der Waals surface area (Å²) in [5, 5.41) is 8.34. The molecule has 1 unspecified atom stereocenters. The fourth-order valence-corrected chi connectivity index (χ4v) is 4.00. The summed E-state index contributed by atoms with van der Waals surface area (Å²) in [4.78, 5) is 42.5. The number of anilines is 1. The van der Waals surface area contributed by atoms with Crippen molar-refractivity contribution < 1.29 is 14.4 Å². The van der Waals surface area contributed by atoms with Crippen LogP contribution in [0.5, 0.6) is 0 Å². The van der Waals surface area contributed by atoms with Crippen molar-refractivity contribution in [3.63, 3.8) is 0 Å². The summed E-state index contributed by atoms with van der Waals surface area (Å²) < 4.78 is 0. The van der Waals surface area contributed by atoms with E-state index >= 15 is 0 Å². The molecule has 29 heavy (non-hydrogen) atoms. The first-order valence-electron chi connectivity index (χ1n) is 9.26. The monoisotopic (exact) mass is 434 g/mol. The molecule has 0 spiro atoms. The van der Waals surface area contributed by atoms with E-state index in [1.54, 1.807) is 24.3 Å². The molecule has 1 saturated heterocycles. The highest BCUT2D eigenvalue weighted by Crippen LogP contribution is 2.26. The van der Waals surface area contributed by atoms with E-state index in [0.29, 0.717) is 15.7 Å². The molecule has 0 saturated carbocycles. The number of halogens is 1. The first-order chi connectivity index (χ1) is 13.6. The molecule has 9 heteroatoms. The molecule has 0 aliphatic carbocycles. The summed E-state index contributed by atoms with van der Waals surface area (Å²) in [5.74, 6) is -0.599. The minimum atomic E-state index is -0.725. The van der Waals surface area contributed by atoms with Gasteiger partial charge in [0.1, 0.15) is 6.04 Å². The molecule has 3 rings (SSSR count). The minimum Gasteiger partial charge on any atom is -0.326 e. The second-order valence-electron chi connectivity index (χ2n) is 7.89. The molecule has 1 aliphatic rings. The van der Waals surface area contributed by atoms with Gasteiger partial charge in [0.25, 0.3) is 5.91 Å². The molecule has 0 radical (unpaired) electrons. The van der Waals surface area contributed by atoms with Gasteiger partial charge in [-0.2, -0.15) is 0 Å². The lowest BCUT2D eigenvalue weighted by molar-refractivity contribution is -0.128. The van der Waals surface area contributed by atoms with Crippen molar-refractivity contribution >= 4 is 45.9 Å². The first-order valence-corrected chi connectivity index (χ1v) is 10.5. The predicted octanol–water partition coefficient (Wildman–Crippen LogP) is 3.93. The van der Waals surface area contributed by atoms with E-state index in [-0.39, 0.29) is 36.6 Å². The van der Waals surface area contributed by atoms with Gasteiger partial charge in [-0.15, -0.1) is 11.3 Å². The molecule has 2 aromatic rings. The number of carbonyl (C=O) groups excluding carboxylic acids is 3. The maximum Gasteiger partial charge on any atom is 0.325 e. The summed E-state index contributed by atoms with van der Waals surface area (Å²) in [6, 6.07) is 5.86. The van der Waals surface area contributed by atoms with Crippen LogP contribution >= 0.6 is 22.9 Å². The molecule has 1 aromatic carbocycles. The van der Waals surface area contributed by atoms with Gasteiger partial charge < -0.3 is 10.6 Å². The zero-order valence-corrected chi connectivity index (χ0v) is 18.1. The summed E-state index contributed by atoms with van der Waals surface area (Å²) in [5.41, 5.74) is 1.51. The van der Waals surface area contributed by atoms with E-state index in [1.165, 1.54) is 11.3 Å². The molecule has 4 amide bonds. The topological polar surface area (TPSA) is 91.4 Å². The number of thiazole rings is 1. The van der Waals surface area contributed by atoms with E-state index in [9.17, 15) is 14.4 Å². The van der Waals surface area contributed by atoms with Crippen LogP contribution in [-0.2, 0) is 21.5 Å². The molecule has 1 aliphatic heterocycles. The zero-order chi connectivity index (χ0) is 21.2. The number of benzene rings is 1. The van der Waals surface area contributed by atoms with Crippen LogP contribution in [-0.4, -0.2) is 33.8 Å². The van der Waals surface area contributed by atoms with E-state index in [0.717, 1.165) is 10.6 Å². The highest BCUT2D eigenvalue weighted by Gasteiger charge is 2.38. The van der Waals surface area contributed by atoms with Crippen LogP contribution in [0, 0.1) is 0 Å². The quantitative estimate of drug-likeness (QED) is 0.674. The number of hydrogen-bond acceptors (Lipinski definition) is 5. The average molecular weight is 435 g/mol. The highest BCUT2D eigenvalue weighted by atomic mass is 35.5. The lowest BCUT2D eigenvalue weighted by atomic mass is 9.93. The molecule has 154 valence electrons. The fraction of sp³-hybridized carbons (Fsp3) is 0.400. The molecular weight excluding hydrogens is 412 g/mol.